The minimum absolute atomic E-state index is 0.106. The fourth-order valence-electron chi connectivity index (χ4n) is 1.97. The molecule has 1 aliphatic heterocycles. The lowest BCUT2D eigenvalue weighted by Crippen LogP contribution is -2.32. The monoisotopic (exact) mass is 363 g/mol. The minimum atomic E-state index is -3.52. The number of rotatable bonds is 6. The Labute approximate surface area is 127 Å². The Hall–Kier alpha value is -0.790. The first kappa shape index (κ1) is 15.6. The maximum atomic E-state index is 12.3. The highest BCUT2D eigenvalue weighted by Gasteiger charge is 2.20. The van der Waals surface area contributed by atoms with Crippen molar-refractivity contribution in [1.82, 2.24) is 4.72 Å². The van der Waals surface area contributed by atoms with Crippen LogP contribution < -0.4 is 14.2 Å². The highest BCUT2D eigenvalue weighted by atomic mass is 79.9. The van der Waals surface area contributed by atoms with Gasteiger partial charge in [0.15, 0.2) is 11.5 Å². The fourth-order valence-corrected chi connectivity index (χ4v) is 3.58. The summed E-state index contributed by atoms with van der Waals surface area (Å²) in [7, 11) is -3.52. The first-order chi connectivity index (χ1) is 9.53. The van der Waals surface area contributed by atoms with Crippen LogP contribution in [0.25, 0.3) is 0 Å². The second kappa shape index (κ2) is 6.78. The van der Waals surface area contributed by atoms with Gasteiger partial charge < -0.3 is 9.47 Å². The molecule has 0 saturated heterocycles. The summed E-state index contributed by atoms with van der Waals surface area (Å²) in [6.07, 6.45) is 1.71. The average molecular weight is 364 g/mol. The first-order valence-corrected chi connectivity index (χ1v) is 9.11. The number of hydrogen-bond donors (Lipinski definition) is 1. The van der Waals surface area contributed by atoms with E-state index in [-0.39, 0.29) is 10.9 Å². The zero-order valence-corrected chi connectivity index (χ0v) is 13.7. The van der Waals surface area contributed by atoms with Gasteiger partial charge in [-0.25, -0.2) is 13.1 Å². The van der Waals surface area contributed by atoms with Crippen molar-refractivity contribution >= 4 is 26.0 Å². The smallest absolute Gasteiger partial charge is 0.240 e. The van der Waals surface area contributed by atoms with Crippen LogP contribution in [0.2, 0.25) is 0 Å². The van der Waals surface area contributed by atoms with E-state index in [1.54, 1.807) is 6.07 Å². The third-order valence-electron chi connectivity index (χ3n) is 2.95. The van der Waals surface area contributed by atoms with Crippen molar-refractivity contribution in [2.24, 2.45) is 0 Å². The number of fused-ring (bicyclic) bond motifs is 1. The molecule has 20 heavy (non-hydrogen) atoms. The van der Waals surface area contributed by atoms with Crippen LogP contribution in [0.5, 0.6) is 11.5 Å². The second-order valence-corrected chi connectivity index (χ2v) is 7.17. The van der Waals surface area contributed by atoms with Crippen molar-refractivity contribution in [3.05, 3.63) is 18.2 Å². The Morgan fingerprint density at radius 2 is 2.00 bits per heavy atom. The van der Waals surface area contributed by atoms with E-state index in [9.17, 15) is 8.42 Å². The number of benzene rings is 1. The molecule has 0 aromatic heterocycles. The number of nitrogens with one attached hydrogen (secondary N) is 1. The average Bonchev–Trinajstić information content (AvgIpc) is 2.44. The Bertz CT molecular complexity index is 561. The van der Waals surface area contributed by atoms with Gasteiger partial charge in [-0.3, -0.25) is 0 Å². The fraction of sp³-hybridized carbons (Fsp3) is 0.538. The van der Waals surface area contributed by atoms with Gasteiger partial charge in [0.05, 0.1) is 4.90 Å². The number of ether oxygens (including phenoxy) is 2. The summed E-state index contributed by atoms with van der Waals surface area (Å²) in [6.45, 7) is 2.78. The number of halogens is 1. The Balaban J connectivity index is 2.13. The Morgan fingerprint density at radius 1 is 1.30 bits per heavy atom. The van der Waals surface area contributed by atoms with Crippen molar-refractivity contribution in [3.8, 4) is 11.5 Å². The van der Waals surface area contributed by atoms with Crippen molar-refractivity contribution in [1.29, 1.82) is 0 Å². The van der Waals surface area contributed by atoms with Crippen molar-refractivity contribution < 1.29 is 17.9 Å². The summed E-state index contributed by atoms with van der Waals surface area (Å²) in [4.78, 5) is 0.201. The lowest BCUT2D eigenvalue weighted by molar-refractivity contribution is 0.171. The normalized spacial score (nSPS) is 15.9. The van der Waals surface area contributed by atoms with E-state index in [1.165, 1.54) is 12.1 Å². The molecule has 5 nitrogen and oxygen atoms in total. The van der Waals surface area contributed by atoms with Crippen LogP contribution in [0, 0.1) is 0 Å². The summed E-state index contributed by atoms with van der Waals surface area (Å²) in [5.41, 5.74) is 0. The van der Waals surface area contributed by atoms with Crippen LogP contribution >= 0.6 is 15.9 Å². The minimum Gasteiger partial charge on any atom is -0.486 e. The summed E-state index contributed by atoms with van der Waals surface area (Å²) in [5, 5.41) is 0.864. The molecule has 1 heterocycles. The Morgan fingerprint density at radius 3 is 2.70 bits per heavy atom. The van der Waals surface area contributed by atoms with E-state index in [1.807, 2.05) is 6.92 Å². The molecule has 0 bridgehead atoms. The maximum Gasteiger partial charge on any atom is 0.240 e. The van der Waals surface area contributed by atoms with Gasteiger partial charge in [0, 0.05) is 17.4 Å². The molecule has 0 amide bonds. The van der Waals surface area contributed by atoms with E-state index in [2.05, 4.69) is 20.7 Å². The molecule has 0 radical (unpaired) electrons. The SMILES string of the molecule is CC(CCCBr)NS(=O)(=O)c1ccc2c(c1)OCCO2. The van der Waals surface area contributed by atoms with Gasteiger partial charge in [0.25, 0.3) is 0 Å². The summed E-state index contributed by atoms with van der Waals surface area (Å²) in [5.74, 6) is 1.06. The molecule has 2 rings (SSSR count). The number of alkyl halides is 1. The van der Waals surface area contributed by atoms with E-state index in [0.717, 1.165) is 18.2 Å². The largest absolute Gasteiger partial charge is 0.486 e. The Kier molecular flexibility index (Phi) is 5.29. The van der Waals surface area contributed by atoms with E-state index in [0.29, 0.717) is 24.7 Å². The topological polar surface area (TPSA) is 64.6 Å². The quantitative estimate of drug-likeness (QED) is 0.787. The first-order valence-electron chi connectivity index (χ1n) is 6.51. The van der Waals surface area contributed by atoms with Gasteiger partial charge in [0.1, 0.15) is 13.2 Å². The third-order valence-corrected chi connectivity index (χ3v) is 5.10. The van der Waals surface area contributed by atoms with Crippen molar-refractivity contribution in [3.63, 3.8) is 0 Å². The second-order valence-electron chi connectivity index (χ2n) is 4.66. The zero-order chi connectivity index (χ0) is 14.6. The van der Waals surface area contributed by atoms with E-state index >= 15 is 0 Å². The van der Waals surface area contributed by atoms with Gasteiger partial charge in [-0.1, -0.05) is 15.9 Å². The van der Waals surface area contributed by atoms with Crippen molar-refractivity contribution in [2.45, 2.75) is 30.7 Å². The lowest BCUT2D eigenvalue weighted by atomic mass is 10.2. The number of hydrogen-bond acceptors (Lipinski definition) is 4. The van der Waals surface area contributed by atoms with Gasteiger partial charge in [-0.15, -0.1) is 0 Å². The van der Waals surface area contributed by atoms with Crippen LogP contribution in [0.15, 0.2) is 23.1 Å². The highest BCUT2D eigenvalue weighted by molar-refractivity contribution is 9.09. The maximum absolute atomic E-state index is 12.3. The van der Waals surface area contributed by atoms with Crippen LogP contribution in [0.4, 0.5) is 0 Å². The third kappa shape index (κ3) is 3.86. The van der Waals surface area contributed by atoms with E-state index in [4.69, 9.17) is 9.47 Å². The highest BCUT2D eigenvalue weighted by Crippen LogP contribution is 2.32. The molecule has 1 aliphatic rings. The zero-order valence-electron chi connectivity index (χ0n) is 11.3. The summed E-state index contributed by atoms with van der Waals surface area (Å²) >= 11 is 3.34. The molecule has 1 unspecified atom stereocenters. The summed E-state index contributed by atoms with van der Waals surface area (Å²) < 4.78 is 38.0. The summed E-state index contributed by atoms with van der Waals surface area (Å²) in [6, 6.07) is 4.57. The molecule has 0 spiro atoms. The molecule has 1 N–H and O–H groups in total. The van der Waals surface area contributed by atoms with Crippen molar-refractivity contribution in [2.75, 3.05) is 18.5 Å². The van der Waals surface area contributed by atoms with Gasteiger partial charge in [-0.2, -0.15) is 0 Å². The predicted molar refractivity (Wildman–Crippen MR) is 80.2 cm³/mol. The van der Waals surface area contributed by atoms with Crippen LogP contribution in [-0.4, -0.2) is 33.0 Å². The standard InChI is InChI=1S/C13H18BrNO4S/c1-10(3-2-6-14)15-20(16,17)11-4-5-12-13(9-11)19-8-7-18-12/h4-5,9-10,15H,2-3,6-8H2,1H3. The molecule has 7 heteroatoms. The molecule has 1 aromatic carbocycles. The molecule has 0 aliphatic carbocycles. The van der Waals surface area contributed by atoms with E-state index < -0.39 is 10.0 Å². The molecular weight excluding hydrogens is 346 g/mol. The molecule has 1 aromatic rings. The van der Waals surface area contributed by atoms with Crippen LogP contribution in [-0.2, 0) is 10.0 Å². The molecule has 1 atom stereocenters. The molecular formula is C13H18BrNO4S. The van der Waals surface area contributed by atoms with Crippen LogP contribution in [0.3, 0.4) is 0 Å². The lowest BCUT2D eigenvalue weighted by Gasteiger charge is -2.19. The number of sulfonamides is 1. The van der Waals surface area contributed by atoms with Gasteiger partial charge in [-0.05, 0) is 31.9 Å². The molecule has 0 saturated carbocycles. The molecule has 112 valence electrons. The van der Waals surface area contributed by atoms with Gasteiger partial charge >= 0.3 is 0 Å². The molecule has 0 fully saturated rings. The predicted octanol–water partition coefficient (Wildman–Crippen LogP) is 2.30. The van der Waals surface area contributed by atoms with Crippen LogP contribution in [0.1, 0.15) is 19.8 Å². The van der Waals surface area contributed by atoms with Gasteiger partial charge in [0.2, 0.25) is 10.0 Å².